The summed E-state index contributed by atoms with van der Waals surface area (Å²) in [7, 11) is 0. The number of rotatable bonds is 1. The van der Waals surface area contributed by atoms with Crippen molar-refractivity contribution in [3.05, 3.63) is 39.3 Å². The molecule has 0 fully saturated rings. The van der Waals surface area contributed by atoms with E-state index >= 15 is 0 Å². The van der Waals surface area contributed by atoms with Crippen molar-refractivity contribution in [2.24, 2.45) is 0 Å². The first-order valence-corrected chi connectivity index (χ1v) is 4.59. The van der Waals surface area contributed by atoms with Crippen molar-refractivity contribution >= 4 is 51.4 Å². The molecular formula is C8H4Cl4. The molecule has 1 aromatic carbocycles. The Morgan fingerprint density at radius 1 is 1.08 bits per heavy atom. The predicted molar refractivity (Wildman–Crippen MR) is 55.9 cm³/mol. The lowest BCUT2D eigenvalue weighted by Gasteiger charge is -1.98. The molecule has 0 spiro atoms. The minimum atomic E-state index is 0.0407. The van der Waals surface area contributed by atoms with Crippen LogP contribution in [0.15, 0.2) is 28.8 Å². The van der Waals surface area contributed by atoms with E-state index < -0.39 is 0 Å². The third-order valence-corrected chi connectivity index (χ3v) is 2.46. The van der Waals surface area contributed by atoms with Crippen molar-refractivity contribution < 1.29 is 0 Å². The van der Waals surface area contributed by atoms with Crippen molar-refractivity contribution in [1.82, 2.24) is 0 Å². The van der Waals surface area contributed by atoms with Crippen molar-refractivity contribution in [3.63, 3.8) is 0 Å². The van der Waals surface area contributed by atoms with Gasteiger partial charge in [-0.3, -0.25) is 0 Å². The molecule has 0 N–H and O–H groups in total. The van der Waals surface area contributed by atoms with Crippen LogP contribution in [-0.4, -0.2) is 0 Å². The highest BCUT2D eigenvalue weighted by Crippen LogP contribution is 2.28. The Morgan fingerprint density at radius 2 is 1.75 bits per heavy atom. The number of halogens is 4. The Bertz CT molecular complexity index is 313. The van der Waals surface area contributed by atoms with Crippen LogP contribution >= 0.6 is 46.4 Å². The van der Waals surface area contributed by atoms with Crippen molar-refractivity contribution in [1.29, 1.82) is 0 Å². The summed E-state index contributed by atoms with van der Waals surface area (Å²) in [5.41, 5.74) is 0.712. The van der Waals surface area contributed by atoms with Gasteiger partial charge in [0, 0.05) is 5.02 Å². The molecule has 0 amide bonds. The standard InChI is InChI=1S/C8H4Cl4/c9-6-3-1-2-5(4-6)7(10)8(11)12/h1-4H. The molecule has 0 aliphatic carbocycles. The molecule has 0 heterocycles. The highest BCUT2D eigenvalue weighted by atomic mass is 35.5. The maximum atomic E-state index is 5.77. The first kappa shape index (κ1) is 10.2. The third kappa shape index (κ3) is 2.56. The zero-order valence-corrected chi connectivity index (χ0v) is 8.84. The van der Waals surface area contributed by atoms with Gasteiger partial charge < -0.3 is 0 Å². The average Bonchev–Trinajstić information content (AvgIpc) is 2.03. The van der Waals surface area contributed by atoms with Crippen LogP contribution in [0.3, 0.4) is 0 Å². The Balaban J connectivity index is 3.13. The van der Waals surface area contributed by atoms with Crippen molar-refractivity contribution in [3.8, 4) is 0 Å². The van der Waals surface area contributed by atoms with Gasteiger partial charge in [0.05, 0.1) is 5.03 Å². The molecule has 0 radical (unpaired) electrons. The van der Waals surface area contributed by atoms with E-state index in [1.165, 1.54) is 0 Å². The fourth-order valence-corrected chi connectivity index (χ4v) is 1.26. The van der Waals surface area contributed by atoms with Crippen molar-refractivity contribution in [2.45, 2.75) is 0 Å². The second-order valence-electron chi connectivity index (χ2n) is 2.08. The molecule has 0 atom stereocenters. The molecule has 0 unspecified atom stereocenters. The van der Waals surface area contributed by atoms with Crippen LogP contribution < -0.4 is 0 Å². The third-order valence-electron chi connectivity index (χ3n) is 1.24. The summed E-state index contributed by atoms with van der Waals surface area (Å²) in [5, 5.41) is 0.904. The van der Waals surface area contributed by atoms with E-state index in [0.29, 0.717) is 15.6 Å². The summed E-state index contributed by atoms with van der Waals surface area (Å²) >= 11 is 22.5. The van der Waals surface area contributed by atoms with Gasteiger partial charge in [0.1, 0.15) is 4.49 Å². The van der Waals surface area contributed by atoms with Gasteiger partial charge in [-0.15, -0.1) is 0 Å². The number of hydrogen-bond acceptors (Lipinski definition) is 0. The zero-order chi connectivity index (χ0) is 9.14. The lowest BCUT2D eigenvalue weighted by molar-refractivity contribution is 1.65. The van der Waals surface area contributed by atoms with E-state index in [1.54, 1.807) is 24.3 Å². The summed E-state index contributed by atoms with van der Waals surface area (Å²) in [4.78, 5) is 0. The Morgan fingerprint density at radius 3 is 2.25 bits per heavy atom. The molecule has 0 bridgehead atoms. The fourth-order valence-electron chi connectivity index (χ4n) is 0.734. The molecule has 0 aromatic heterocycles. The molecule has 0 saturated carbocycles. The Hall–Kier alpha value is 0.120. The van der Waals surface area contributed by atoms with Gasteiger partial charge in [-0.1, -0.05) is 58.5 Å². The topological polar surface area (TPSA) is 0 Å². The van der Waals surface area contributed by atoms with Crippen LogP contribution in [0.25, 0.3) is 5.03 Å². The van der Waals surface area contributed by atoms with Gasteiger partial charge in [0.2, 0.25) is 0 Å². The number of hydrogen-bond donors (Lipinski definition) is 0. The van der Waals surface area contributed by atoms with Gasteiger partial charge in [-0.2, -0.15) is 0 Å². The normalized spacial score (nSPS) is 9.67. The molecule has 64 valence electrons. The first-order chi connectivity index (χ1) is 5.61. The van der Waals surface area contributed by atoms with E-state index in [2.05, 4.69) is 0 Å². The van der Waals surface area contributed by atoms with Gasteiger partial charge >= 0.3 is 0 Å². The van der Waals surface area contributed by atoms with Gasteiger partial charge in [0.25, 0.3) is 0 Å². The molecule has 12 heavy (non-hydrogen) atoms. The molecule has 0 saturated heterocycles. The van der Waals surface area contributed by atoms with E-state index in [1.807, 2.05) is 0 Å². The molecule has 0 aliphatic heterocycles. The molecule has 0 nitrogen and oxygen atoms in total. The average molecular weight is 242 g/mol. The maximum absolute atomic E-state index is 5.77. The highest BCUT2D eigenvalue weighted by molar-refractivity contribution is 6.66. The maximum Gasteiger partial charge on any atom is 0.126 e. The zero-order valence-electron chi connectivity index (χ0n) is 5.82. The second-order valence-corrected chi connectivity index (χ2v) is 3.85. The lowest BCUT2D eigenvalue weighted by atomic mass is 10.2. The Kier molecular flexibility index (Phi) is 3.73. The van der Waals surface area contributed by atoms with E-state index in [-0.39, 0.29) is 4.49 Å². The lowest BCUT2D eigenvalue weighted by Crippen LogP contribution is -1.76. The molecule has 0 aliphatic rings. The SMILES string of the molecule is ClC(Cl)=C(Cl)c1cccc(Cl)c1. The molecular weight excluding hydrogens is 238 g/mol. The van der Waals surface area contributed by atoms with Gasteiger partial charge in [-0.25, -0.2) is 0 Å². The molecule has 1 rings (SSSR count). The summed E-state index contributed by atoms with van der Waals surface area (Å²) in [6.07, 6.45) is 0. The van der Waals surface area contributed by atoms with E-state index in [9.17, 15) is 0 Å². The Labute approximate surface area is 90.7 Å². The minimum absolute atomic E-state index is 0.0407. The van der Waals surface area contributed by atoms with Crippen LogP contribution in [0.5, 0.6) is 0 Å². The summed E-state index contributed by atoms with van der Waals surface area (Å²) in [5.74, 6) is 0. The summed E-state index contributed by atoms with van der Waals surface area (Å²) in [6.45, 7) is 0. The van der Waals surface area contributed by atoms with Crippen LogP contribution in [0.4, 0.5) is 0 Å². The van der Waals surface area contributed by atoms with Gasteiger partial charge in [-0.05, 0) is 17.7 Å². The smallest absolute Gasteiger partial charge is 0.0843 e. The predicted octanol–water partition coefficient (Wildman–Crippen LogP) is 4.68. The monoisotopic (exact) mass is 240 g/mol. The van der Waals surface area contributed by atoms with Crippen molar-refractivity contribution in [2.75, 3.05) is 0 Å². The van der Waals surface area contributed by atoms with Crippen LogP contribution in [0.2, 0.25) is 5.02 Å². The summed E-state index contributed by atoms with van der Waals surface area (Å²) in [6, 6.07) is 6.99. The first-order valence-electron chi connectivity index (χ1n) is 3.08. The van der Waals surface area contributed by atoms with Crippen LogP contribution in [0.1, 0.15) is 5.56 Å². The number of benzene rings is 1. The second kappa shape index (κ2) is 4.38. The van der Waals surface area contributed by atoms with E-state index in [4.69, 9.17) is 46.4 Å². The molecule has 4 heteroatoms. The quantitative estimate of drug-likeness (QED) is 0.670. The highest BCUT2D eigenvalue weighted by Gasteiger charge is 2.02. The molecule has 1 aromatic rings. The minimum Gasteiger partial charge on any atom is -0.0843 e. The fraction of sp³-hybridized carbons (Fsp3) is 0. The summed E-state index contributed by atoms with van der Waals surface area (Å²) < 4.78 is 0.0407. The van der Waals surface area contributed by atoms with Crippen LogP contribution in [0, 0.1) is 0 Å². The van der Waals surface area contributed by atoms with Gasteiger partial charge in [0.15, 0.2) is 0 Å². The largest absolute Gasteiger partial charge is 0.126 e. The van der Waals surface area contributed by atoms with E-state index in [0.717, 1.165) is 0 Å². The van der Waals surface area contributed by atoms with Crippen LogP contribution in [-0.2, 0) is 0 Å².